The highest BCUT2D eigenvalue weighted by Crippen LogP contribution is 2.29. The first kappa shape index (κ1) is 18.9. The van der Waals surface area contributed by atoms with Crippen LogP contribution in [0.5, 0.6) is 0 Å². The Hall–Kier alpha value is -1.83. The van der Waals surface area contributed by atoms with E-state index < -0.39 is 0 Å². The van der Waals surface area contributed by atoms with Gasteiger partial charge in [0, 0.05) is 17.1 Å². The van der Waals surface area contributed by atoms with Gasteiger partial charge in [-0.2, -0.15) is 5.10 Å². The van der Waals surface area contributed by atoms with Crippen molar-refractivity contribution in [2.24, 2.45) is 7.05 Å². The molecule has 9 heteroatoms. The number of carbonyl (C=O) groups excluding carboxylic acids is 1. The Morgan fingerprint density at radius 3 is 2.77 bits per heavy atom. The number of carbonyl (C=O) groups is 1. The molecule has 0 spiro atoms. The van der Waals surface area contributed by atoms with Gasteiger partial charge in [0.15, 0.2) is 5.65 Å². The van der Waals surface area contributed by atoms with E-state index in [2.05, 4.69) is 20.4 Å². The van der Waals surface area contributed by atoms with Gasteiger partial charge in [0.1, 0.15) is 11.4 Å². The van der Waals surface area contributed by atoms with Gasteiger partial charge >= 0.3 is 0 Å². The van der Waals surface area contributed by atoms with Crippen LogP contribution in [0.2, 0.25) is 10.0 Å². The van der Waals surface area contributed by atoms with Crippen LogP contribution in [0.3, 0.4) is 0 Å². The Balaban J connectivity index is 1.71. The summed E-state index contributed by atoms with van der Waals surface area (Å²) in [7, 11) is 1.82. The minimum atomic E-state index is -0.346. The number of thioether (sulfide) groups is 1. The number of aryl methyl sites for hydroxylation is 1. The molecule has 136 valence electrons. The standard InChI is InChI=1S/C17H17Cl2N5OS/c1-9(12-5-4-11(18)6-14(12)19)23-16(25)10(2)26-17-13-7-22-24(3)15(13)20-8-21-17/h4-10H,1-3H3,(H,23,25)/t9-,10+/m1/s1. The van der Waals surface area contributed by atoms with Gasteiger partial charge in [0.2, 0.25) is 5.91 Å². The summed E-state index contributed by atoms with van der Waals surface area (Å²) in [4.78, 5) is 21.1. The monoisotopic (exact) mass is 409 g/mol. The number of hydrogen-bond acceptors (Lipinski definition) is 5. The maximum atomic E-state index is 12.6. The van der Waals surface area contributed by atoms with E-state index in [4.69, 9.17) is 23.2 Å². The molecule has 26 heavy (non-hydrogen) atoms. The zero-order valence-electron chi connectivity index (χ0n) is 14.4. The van der Waals surface area contributed by atoms with E-state index in [-0.39, 0.29) is 17.2 Å². The maximum Gasteiger partial charge on any atom is 0.233 e. The normalized spacial score (nSPS) is 13.6. The molecule has 0 aliphatic carbocycles. The van der Waals surface area contributed by atoms with Crippen LogP contribution in [-0.4, -0.2) is 30.9 Å². The predicted octanol–water partition coefficient (Wildman–Crippen LogP) is 4.03. The van der Waals surface area contributed by atoms with Gasteiger partial charge in [-0.15, -0.1) is 0 Å². The summed E-state index contributed by atoms with van der Waals surface area (Å²) in [5, 5.41) is 9.46. The van der Waals surface area contributed by atoms with Crippen LogP contribution >= 0.6 is 35.0 Å². The summed E-state index contributed by atoms with van der Waals surface area (Å²) in [5.74, 6) is -0.107. The number of halogens is 2. The molecule has 3 rings (SSSR count). The Kier molecular flexibility index (Phi) is 5.70. The molecule has 3 aromatic rings. The van der Waals surface area contributed by atoms with Crippen LogP contribution in [0.4, 0.5) is 0 Å². The molecule has 0 fully saturated rings. The third-order valence-electron chi connectivity index (χ3n) is 3.94. The van der Waals surface area contributed by atoms with E-state index in [9.17, 15) is 4.79 Å². The van der Waals surface area contributed by atoms with Crippen molar-refractivity contribution in [3.05, 3.63) is 46.3 Å². The summed E-state index contributed by atoms with van der Waals surface area (Å²) in [5.41, 5.74) is 1.55. The summed E-state index contributed by atoms with van der Waals surface area (Å²) in [6.45, 7) is 3.72. The van der Waals surface area contributed by atoms with Gasteiger partial charge in [-0.1, -0.05) is 41.0 Å². The molecular weight excluding hydrogens is 393 g/mol. The first-order valence-electron chi connectivity index (χ1n) is 7.91. The number of nitrogens with zero attached hydrogens (tertiary/aromatic N) is 4. The molecular formula is C17H17Cl2N5OS. The molecule has 2 aromatic heterocycles. The van der Waals surface area contributed by atoms with Crippen molar-refractivity contribution in [1.82, 2.24) is 25.1 Å². The Labute approximate surface area is 165 Å². The molecule has 2 atom stereocenters. The van der Waals surface area contributed by atoms with E-state index in [1.54, 1.807) is 23.0 Å². The lowest BCUT2D eigenvalue weighted by Gasteiger charge is -2.18. The van der Waals surface area contributed by atoms with Crippen molar-refractivity contribution in [2.75, 3.05) is 0 Å². The van der Waals surface area contributed by atoms with Gasteiger partial charge in [-0.3, -0.25) is 9.48 Å². The fraction of sp³-hybridized carbons (Fsp3) is 0.294. The van der Waals surface area contributed by atoms with Gasteiger partial charge in [0.25, 0.3) is 0 Å². The molecule has 0 unspecified atom stereocenters. The molecule has 0 saturated carbocycles. The van der Waals surface area contributed by atoms with Crippen molar-refractivity contribution >= 4 is 51.9 Å². The Morgan fingerprint density at radius 1 is 1.27 bits per heavy atom. The van der Waals surface area contributed by atoms with E-state index in [1.807, 2.05) is 27.0 Å². The third-order valence-corrected chi connectivity index (χ3v) is 5.62. The fourth-order valence-electron chi connectivity index (χ4n) is 2.52. The van der Waals surface area contributed by atoms with Crippen LogP contribution in [0.1, 0.15) is 25.5 Å². The zero-order chi connectivity index (χ0) is 18.8. The number of fused-ring (bicyclic) bond motifs is 1. The second-order valence-corrected chi connectivity index (χ2v) is 8.01. The number of benzene rings is 1. The van der Waals surface area contributed by atoms with Crippen LogP contribution in [0.25, 0.3) is 11.0 Å². The smallest absolute Gasteiger partial charge is 0.233 e. The third kappa shape index (κ3) is 3.95. The summed E-state index contributed by atoms with van der Waals surface area (Å²) in [6, 6.07) is 5.00. The van der Waals surface area contributed by atoms with Crippen molar-refractivity contribution in [3.63, 3.8) is 0 Å². The van der Waals surface area contributed by atoms with Crippen LogP contribution in [0.15, 0.2) is 35.7 Å². The molecule has 2 heterocycles. The fourth-order valence-corrected chi connectivity index (χ4v) is 3.98. The van der Waals surface area contributed by atoms with Crippen molar-refractivity contribution < 1.29 is 4.79 Å². The molecule has 0 bridgehead atoms. The highest BCUT2D eigenvalue weighted by atomic mass is 35.5. The largest absolute Gasteiger partial charge is 0.349 e. The molecule has 1 N–H and O–H groups in total. The second-order valence-electron chi connectivity index (χ2n) is 5.84. The number of hydrogen-bond donors (Lipinski definition) is 1. The van der Waals surface area contributed by atoms with Crippen molar-refractivity contribution in [2.45, 2.75) is 30.2 Å². The summed E-state index contributed by atoms with van der Waals surface area (Å²) >= 11 is 13.5. The SMILES string of the molecule is C[C@H](Sc1ncnc2c1cnn2C)C(=O)N[C@H](C)c1ccc(Cl)cc1Cl. The molecule has 0 saturated heterocycles. The molecule has 0 aliphatic heterocycles. The molecule has 6 nitrogen and oxygen atoms in total. The van der Waals surface area contributed by atoms with Crippen LogP contribution in [0, 0.1) is 0 Å². The lowest BCUT2D eigenvalue weighted by molar-refractivity contribution is -0.120. The topological polar surface area (TPSA) is 72.7 Å². The van der Waals surface area contributed by atoms with E-state index in [0.717, 1.165) is 21.6 Å². The number of aromatic nitrogens is 4. The van der Waals surface area contributed by atoms with E-state index >= 15 is 0 Å². The number of amides is 1. The molecule has 0 radical (unpaired) electrons. The van der Waals surface area contributed by atoms with E-state index in [0.29, 0.717) is 10.0 Å². The lowest BCUT2D eigenvalue weighted by Crippen LogP contribution is -2.33. The average Bonchev–Trinajstić information content (AvgIpc) is 2.97. The first-order valence-corrected chi connectivity index (χ1v) is 9.55. The predicted molar refractivity (Wildman–Crippen MR) is 105 cm³/mol. The van der Waals surface area contributed by atoms with E-state index in [1.165, 1.54) is 18.1 Å². The zero-order valence-corrected chi connectivity index (χ0v) is 16.7. The number of rotatable bonds is 5. The number of nitrogens with one attached hydrogen (secondary N) is 1. The highest BCUT2D eigenvalue weighted by molar-refractivity contribution is 8.00. The van der Waals surface area contributed by atoms with Gasteiger partial charge in [-0.25, -0.2) is 9.97 Å². The highest BCUT2D eigenvalue weighted by Gasteiger charge is 2.21. The summed E-state index contributed by atoms with van der Waals surface area (Å²) < 4.78 is 1.68. The minimum absolute atomic E-state index is 0.107. The second kappa shape index (κ2) is 7.82. The van der Waals surface area contributed by atoms with Crippen molar-refractivity contribution in [1.29, 1.82) is 0 Å². The maximum absolute atomic E-state index is 12.6. The van der Waals surface area contributed by atoms with Crippen molar-refractivity contribution in [3.8, 4) is 0 Å². The van der Waals surface area contributed by atoms with Gasteiger partial charge in [0.05, 0.1) is 22.9 Å². The van der Waals surface area contributed by atoms with Gasteiger partial charge in [-0.05, 0) is 31.5 Å². The molecule has 1 amide bonds. The first-order chi connectivity index (χ1) is 12.4. The average molecular weight is 410 g/mol. The van der Waals surface area contributed by atoms with Gasteiger partial charge < -0.3 is 5.32 Å². The molecule has 0 aliphatic rings. The van der Waals surface area contributed by atoms with Crippen LogP contribution < -0.4 is 5.32 Å². The summed E-state index contributed by atoms with van der Waals surface area (Å²) in [6.07, 6.45) is 3.19. The Bertz CT molecular complexity index is 961. The lowest BCUT2D eigenvalue weighted by atomic mass is 10.1. The minimum Gasteiger partial charge on any atom is -0.349 e. The quantitative estimate of drug-likeness (QED) is 0.508. The van der Waals surface area contributed by atoms with Crippen LogP contribution in [-0.2, 0) is 11.8 Å². The molecule has 1 aromatic carbocycles. The Morgan fingerprint density at radius 2 is 2.04 bits per heavy atom.